The summed E-state index contributed by atoms with van der Waals surface area (Å²) in [6.45, 7) is 4.56. The third-order valence-corrected chi connectivity index (χ3v) is 5.40. The van der Waals surface area contributed by atoms with Gasteiger partial charge in [-0.3, -0.25) is 4.79 Å². The molecule has 10 heteroatoms. The van der Waals surface area contributed by atoms with Crippen LogP contribution in [0.2, 0.25) is 0 Å². The number of hydrogen-bond donors (Lipinski definition) is 1. The lowest BCUT2D eigenvalue weighted by molar-refractivity contribution is -0.142. The summed E-state index contributed by atoms with van der Waals surface area (Å²) in [4.78, 5) is 49.0. The molecule has 0 aliphatic rings. The SMILES string of the molecule is CCOC(=O)c1sc(NC(=O)COC(=O)/C=C/c2ccc(OC)cc2)c(C(=O)OCC)c1C. The monoisotopic (exact) mass is 475 g/mol. The Balaban J connectivity index is 2.04. The second kappa shape index (κ2) is 12.4. The molecule has 2 rings (SSSR count). The van der Waals surface area contributed by atoms with Crippen molar-refractivity contribution in [1.82, 2.24) is 0 Å². The van der Waals surface area contributed by atoms with Crippen molar-refractivity contribution in [2.75, 3.05) is 32.2 Å². The fourth-order valence-corrected chi connectivity index (χ4v) is 3.77. The molecule has 1 N–H and O–H groups in total. The second-order valence-corrected chi connectivity index (χ2v) is 7.48. The predicted octanol–water partition coefficient (Wildman–Crippen LogP) is 3.61. The van der Waals surface area contributed by atoms with E-state index in [-0.39, 0.29) is 28.7 Å². The standard InChI is InChI=1S/C23H25NO8S/c1-5-30-22(27)19-14(3)20(23(28)31-6-2)33-21(19)24-17(25)13-32-18(26)12-9-15-7-10-16(29-4)11-8-15/h7-12H,5-6,13H2,1-4H3,(H,24,25)/b12-9+. The molecule has 0 fully saturated rings. The first kappa shape index (κ1) is 25.6. The summed E-state index contributed by atoms with van der Waals surface area (Å²) in [5.41, 5.74) is 1.15. The molecule has 0 spiro atoms. The first-order valence-electron chi connectivity index (χ1n) is 10.1. The summed E-state index contributed by atoms with van der Waals surface area (Å²) in [5.74, 6) is -2.01. The van der Waals surface area contributed by atoms with Crippen LogP contribution < -0.4 is 10.1 Å². The van der Waals surface area contributed by atoms with E-state index >= 15 is 0 Å². The van der Waals surface area contributed by atoms with Crippen LogP contribution in [-0.4, -0.2) is 50.7 Å². The molecule has 2 aromatic rings. The molecule has 0 aliphatic carbocycles. The van der Waals surface area contributed by atoms with Crippen LogP contribution in [0.3, 0.4) is 0 Å². The van der Waals surface area contributed by atoms with Gasteiger partial charge in [-0.05, 0) is 50.1 Å². The minimum absolute atomic E-state index is 0.0592. The number of ether oxygens (including phenoxy) is 4. The summed E-state index contributed by atoms with van der Waals surface area (Å²) >= 11 is 0.889. The highest BCUT2D eigenvalue weighted by Crippen LogP contribution is 2.34. The van der Waals surface area contributed by atoms with Crippen molar-refractivity contribution in [1.29, 1.82) is 0 Å². The van der Waals surface area contributed by atoms with E-state index in [1.807, 2.05) is 0 Å². The average molecular weight is 476 g/mol. The van der Waals surface area contributed by atoms with Gasteiger partial charge in [0.1, 0.15) is 15.6 Å². The van der Waals surface area contributed by atoms with Gasteiger partial charge in [0.05, 0.1) is 25.9 Å². The fraction of sp³-hybridized carbons (Fsp3) is 0.304. The number of rotatable bonds is 10. The van der Waals surface area contributed by atoms with Crippen LogP contribution in [0, 0.1) is 6.92 Å². The molecule has 1 amide bonds. The molecule has 1 heterocycles. The lowest BCUT2D eigenvalue weighted by atomic mass is 10.1. The zero-order chi connectivity index (χ0) is 24.4. The van der Waals surface area contributed by atoms with Crippen LogP contribution in [-0.2, 0) is 23.8 Å². The van der Waals surface area contributed by atoms with Gasteiger partial charge in [-0.1, -0.05) is 12.1 Å². The minimum Gasteiger partial charge on any atom is -0.497 e. The van der Waals surface area contributed by atoms with Crippen molar-refractivity contribution in [3.05, 3.63) is 51.9 Å². The van der Waals surface area contributed by atoms with Gasteiger partial charge in [-0.15, -0.1) is 11.3 Å². The zero-order valence-electron chi connectivity index (χ0n) is 18.8. The molecule has 9 nitrogen and oxygen atoms in total. The lowest BCUT2D eigenvalue weighted by Gasteiger charge is -2.07. The van der Waals surface area contributed by atoms with Crippen molar-refractivity contribution in [3.63, 3.8) is 0 Å². The number of carbonyl (C=O) groups is 4. The molecule has 1 aromatic carbocycles. The maximum atomic E-state index is 12.4. The molecule has 1 aromatic heterocycles. The number of nitrogens with one attached hydrogen (secondary N) is 1. The van der Waals surface area contributed by atoms with E-state index in [9.17, 15) is 19.2 Å². The average Bonchev–Trinajstić information content (AvgIpc) is 3.12. The smallest absolute Gasteiger partial charge is 0.348 e. The summed E-state index contributed by atoms with van der Waals surface area (Å²) in [6.07, 6.45) is 2.72. The van der Waals surface area contributed by atoms with Crippen LogP contribution in [0.5, 0.6) is 5.75 Å². The highest BCUT2D eigenvalue weighted by Gasteiger charge is 2.27. The van der Waals surface area contributed by atoms with Crippen molar-refractivity contribution < 1.29 is 38.1 Å². The number of carbonyl (C=O) groups excluding carboxylic acids is 4. The van der Waals surface area contributed by atoms with Crippen LogP contribution in [0.1, 0.15) is 45.0 Å². The summed E-state index contributed by atoms with van der Waals surface area (Å²) in [5, 5.41) is 2.62. The van der Waals surface area contributed by atoms with Gasteiger partial charge in [0, 0.05) is 6.08 Å². The molecule has 33 heavy (non-hydrogen) atoms. The van der Waals surface area contributed by atoms with Crippen LogP contribution in [0.25, 0.3) is 6.08 Å². The minimum atomic E-state index is -0.721. The number of hydrogen-bond acceptors (Lipinski definition) is 9. The van der Waals surface area contributed by atoms with Gasteiger partial charge >= 0.3 is 17.9 Å². The van der Waals surface area contributed by atoms with Crippen molar-refractivity contribution in [2.24, 2.45) is 0 Å². The molecule has 0 saturated heterocycles. The van der Waals surface area contributed by atoms with E-state index in [1.54, 1.807) is 52.1 Å². The molecular weight excluding hydrogens is 450 g/mol. The Bertz CT molecular complexity index is 1040. The largest absolute Gasteiger partial charge is 0.497 e. The van der Waals surface area contributed by atoms with Gasteiger partial charge < -0.3 is 24.3 Å². The number of methoxy groups -OCH3 is 1. The molecule has 0 atom stereocenters. The maximum Gasteiger partial charge on any atom is 0.348 e. The molecule has 0 radical (unpaired) electrons. The van der Waals surface area contributed by atoms with Crippen molar-refractivity contribution >= 4 is 46.2 Å². The molecule has 0 aliphatic heterocycles. The normalized spacial score (nSPS) is 10.5. The Morgan fingerprint density at radius 3 is 2.21 bits per heavy atom. The first-order chi connectivity index (χ1) is 15.8. The summed E-state index contributed by atoms with van der Waals surface area (Å²) in [7, 11) is 1.55. The van der Waals surface area contributed by atoms with Crippen LogP contribution >= 0.6 is 11.3 Å². The summed E-state index contributed by atoms with van der Waals surface area (Å²) < 4.78 is 20.0. The fourth-order valence-electron chi connectivity index (χ4n) is 2.67. The number of esters is 3. The molecule has 0 bridgehead atoms. The number of anilines is 1. The summed E-state index contributed by atoms with van der Waals surface area (Å²) in [6, 6.07) is 7.00. The highest BCUT2D eigenvalue weighted by atomic mass is 32.1. The van der Waals surface area contributed by atoms with Crippen molar-refractivity contribution in [2.45, 2.75) is 20.8 Å². The Labute approximate surface area is 195 Å². The van der Waals surface area contributed by atoms with E-state index in [1.165, 1.54) is 12.2 Å². The molecule has 176 valence electrons. The lowest BCUT2D eigenvalue weighted by Crippen LogP contribution is -2.21. The Morgan fingerprint density at radius 1 is 0.970 bits per heavy atom. The van der Waals surface area contributed by atoms with E-state index < -0.39 is 30.4 Å². The second-order valence-electron chi connectivity index (χ2n) is 6.46. The quantitative estimate of drug-likeness (QED) is 0.315. The van der Waals surface area contributed by atoms with Crippen molar-refractivity contribution in [3.8, 4) is 5.75 Å². The van der Waals surface area contributed by atoms with Gasteiger partial charge in [0.25, 0.3) is 5.91 Å². The third-order valence-electron chi connectivity index (χ3n) is 4.21. The molecule has 0 unspecified atom stereocenters. The maximum absolute atomic E-state index is 12.4. The molecular formula is C23H25NO8S. The number of benzene rings is 1. The Hall–Kier alpha value is -3.66. The molecule has 0 saturated carbocycles. The first-order valence-corrected chi connectivity index (χ1v) is 10.9. The zero-order valence-corrected chi connectivity index (χ0v) is 19.6. The van der Waals surface area contributed by atoms with Crippen LogP contribution in [0.4, 0.5) is 5.00 Å². The van der Waals surface area contributed by atoms with Gasteiger partial charge in [-0.2, -0.15) is 0 Å². The van der Waals surface area contributed by atoms with Gasteiger partial charge in [0.2, 0.25) is 0 Å². The Morgan fingerprint density at radius 2 is 1.61 bits per heavy atom. The number of thiophene rings is 1. The van der Waals surface area contributed by atoms with Crippen LogP contribution in [0.15, 0.2) is 30.3 Å². The Kier molecular flexibility index (Phi) is 9.62. The van der Waals surface area contributed by atoms with E-state index in [0.29, 0.717) is 11.3 Å². The predicted molar refractivity (Wildman–Crippen MR) is 123 cm³/mol. The van der Waals surface area contributed by atoms with E-state index in [2.05, 4.69) is 5.32 Å². The van der Waals surface area contributed by atoms with Gasteiger partial charge in [-0.25, -0.2) is 14.4 Å². The topological polar surface area (TPSA) is 117 Å². The van der Waals surface area contributed by atoms with Gasteiger partial charge in [0.15, 0.2) is 6.61 Å². The third kappa shape index (κ3) is 7.18. The van der Waals surface area contributed by atoms with E-state index in [0.717, 1.165) is 16.9 Å². The number of amides is 1. The van der Waals surface area contributed by atoms with E-state index in [4.69, 9.17) is 18.9 Å². The highest BCUT2D eigenvalue weighted by molar-refractivity contribution is 7.18.